The number of amides is 3. The van der Waals surface area contributed by atoms with Crippen molar-refractivity contribution in [3.8, 4) is 0 Å². The molecule has 2 saturated heterocycles. The number of ether oxygens (including phenoxy) is 2. The molecule has 0 radical (unpaired) electrons. The lowest BCUT2D eigenvalue weighted by Gasteiger charge is -2.44. The summed E-state index contributed by atoms with van der Waals surface area (Å²) in [6.07, 6.45) is 12.1. The minimum absolute atomic E-state index is 0.165. The number of carbonyl (C=O) groups excluding carboxylic acids is 3. The van der Waals surface area contributed by atoms with Crippen LogP contribution in [-0.4, -0.2) is 137 Å². The lowest BCUT2D eigenvalue weighted by atomic mass is 9.95. The Hall–Kier alpha value is -5.11. The van der Waals surface area contributed by atoms with E-state index in [0.29, 0.717) is 48.7 Å². The zero-order valence-corrected chi connectivity index (χ0v) is 49.6. The van der Waals surface area contributed by atoms with Crippen molar-refractivity contribution in [1.82, 2.24) is 44.4 Å². The van der Waals surface area contributed by atoms with E-state index in [9.17, 15) is 24.3 Å². The molecule has 3 aromatic heterocycles. The molecule has 5 atom stereocenters. The SMILES string of the molecule is CC(C)(C)OC(=O)N1CCN(C2c3ccc(Cl)cc3CCc3cc(Br)cnc32)C[C@@H]1C(=O)O.CC(C)C(CCNC(=O)[C@H]1CN(C2c3ccc(Cl)cc3CCc3cc(Br)cnc32)CCN1C(=O)OC(C)(C)C)n1ccnc1. The summed E-state index contributed by atoms with van der Waals surface area (Å²) < 4.78 is 15.2. The maximum absolute atomic E-state index is 13.9. The third-order valence-electron chi connectivity index (χ3n) is 14.4. The van der Waals surface area contributed by atoms with Crippen molar-refractivity contribution in [1.29, 1.82) is 0 Å². The van der Waals surface area contributed by atoms with Gasteiger partial charge in [-0.05, 0) is 181 Å². The first kappa shape index (κ1) is 58.0. The number of carboxylic acids is 1. The van der Waals surface area contributed by atoms with E-state index >= 15 is 0 Å². The number of benzene rings is 2. The van der Waals surface area contributed by atoms with Gasteiger partial charge in [0, 0.05) is 95.6 Å². The van der Waals surface area contributed by atoms with Gasteiger partial charge in [0.2, 0.25) is 5.91 Å². The number of carboxylic acid groups (broad SMARTS) is 1. The summed E-state index contributed by atoms with van der Waals surface area (Å²) in [5.41, 5.74) is 7.28. The molecule has 5 heterocycles. The van der Waals surface area contributed by atoms with Gasteiger partial charge in [0.05, 0.1) is 29.8 Å². The van der Waals surface area contributed by atoms with E-state index < -0.39 is 41.4 Å². The number of aromatic nitrogens is 4. The molecular formula is C57H69Br2Cl2N9O7. The van der Waals surface area contributed by atoms with Crippen LogP contribution in [-0.2, 0) is 44.7 Å². The summed E-state index contributed by atoms with van der Waals surface area (Å²) >= 11 is 19.9. The Morgan fingerprint density at radius 3 is 1.61 bits per heavy atom. The maximum Gasteiger partial charge on any atom is 0.411 e. The first-order chi connectivity index (χ1) is 36.4. The van der Waals surface area contributed by atoms with Crippen molar-refractivity contribution in [2.75, 3.05) is 45.8 Å². The normalized spacial score (nSPS) is 20.2. The van der Waals surface area contributed by atoms with E-state index in [2.05, 4.69) is 88.6 Å². The largest absolute Gasteiger partial charge is 0.480 e. The van der Waals surface area contributed by atoms with E-state index in [1.54, 1.807) is 38.1 Å². The smallest absolute Gasteiger partial charge is 0.411 e. The van der Waals surface area contributed by atoms with E-state index in [1.807, 2.05) is 69.8 Å². The highest BCUT2D eigenvalue weighted by atomic mass is 79.9. The number of aliphatic carboxylic acids is 1. The molecule has 0 saturated carbocycles. The van der Waals surface area contributed by atoms with Crippen LogP contribution in [0.2, 0.25) is 10.0 Å². The molecule has 3 unspecified atom stereocenters. The van der Waals surface area contributed by atoms with Gasteiger partial charge in [-0.15, -0.1) is 0 Å². The molecular weight excluding hydrogens is 1150 g/mol. The molecule has 77 heavy (non-hydrogen) atoms. The Labute approximate surface area is 478 Å². The number of rotatable bonds is 9. The van der Waals surface area contributed by atoms with Gasteiger partial charge in [-0.3, -0.25) is 34.4 Å². The quantitative estimate of drug-likeness (QED) is 0.143. The van der Waals surface area contributed by atoms with Crippen LogP contribution < -0.4 is 5.32 Å². The fourth-order valence-corrected chi connectivity index (χ4v) is 12.1. The number of aryl methyl sites for hydroxylation is 4. The summed E-state index contributed by atoms with van der Waals surface area (Å²) in [5.74, 6) is -0.886. The zero-order valence-electron chi connectivity index (χ0n) is 44.9. The molecule has 5 aromatic rings. The summed E-state index contributed by atoms with van der Waals surface area (Å²) in [6, 6.07) is 14.1. The van der Waals surface area contributed by atoms with Gasteiger partial charge in [0.25, 0.3) is 0 Å². The van der Waals surface area contributed by atoms with Gasteiger partial charge in [-0.2, -0.15) is 0 Å². The molecule has 2 N–H and O–H groups in total. The van der Waals surface area contributed by atoms with Crippen LogP contribution >= 0.6 is 55.1 Å². The van der Waals surface area contributed by atoms with Crippen LogP contribution in [0, 0.1) is 5.92 Å². The van der Waals surface area contributed by atoms with Crippen molar-refractivity contribution >= 4 is 79.1 Å². The summed E-state index contributed by atoms with van der Waals surface area (Å²) in [5, 5.41) is 14.5. The predicted octanol–water partition coefficient (Wildman–Crippen LogP) is 10.9. The fourth-order valence-electron chi connectivity index (χ4n) is 10.9. The Kier molecular flexibility index (Phi) is 18.5. The van der Waals surface area contributed by atoms with Gasteiger partial charge in [-0.25, -0.2) is 19.4 Å². The van der Waals surface area contributed by atoms with Gasteiger partial charge < -0.3 is 24.5 Å². The van der Waals surface area contributed by atoms with Gasteiger partial charge in [-0.1, -0.05) is 49.2 Å². The average molecular weight is 1220 g/mol. The highest BCUT2D eigenvalue weighted by Gasteiger charge is 2.44. The molecule has 16 nitrogen and oxygen atoms in total. The second kappa shape index (κ2) is 24.5. The molecule has 2 aromatic carbocycles. The minimum atomic E-state index is -1.06. The van der Waals surface area contributed by atoms with E-state index in [4.69, 9.17) is 42.6 Å². The standard InChI is InChI=1S/C33H42BrClN6O3.C24H27BrClN3O4/c1-21(2)27(40-13-12-36-20-40)10-11-37-31(42)28-19-39(14-15-41(28)32(43)44-33(3,4)5)30-26-9-8-25(35)17-22(26)6-7-23-16-24(34)18-38-29(23)30;1-24(2,3)33-23(32)29-9-8-28(13-19(29)22(30)31)21-18-7-6-17(26)11-14(18)4-5-15-10-16(25)12-27-20(15)21/h8-9,12-13,16-18,20-21,27-28,30H,6-7,10-11,14-15,19H2,1-5H3,(H,37,42);6-7,10-12,19,21H,4-5,8-9,13H2,1-3H3,(H,30,31)/t27?,28-,30?;19-,21?/m11/s1. The van der Waals surface area contributed by atoms with Gasteiger partial charge in [0.15, 0.2) is 0 Å². The third kappa shape index (κ3) is 14.2. The zero-order chi connectivity index (χ0) is 55.5. The predicted molar refractivity (Wildman–Crippen MR) is 303 cm³/mol. The first-order valence-electron chi connectivity index (χ1n) is 26.2. The number of imidazole rings is 1. The van der Waals surface area contributed by atoms with Gasteiger partial charge >= 0.3 is 18.2 Å². The Bertz CT molecular complexity index is 2840. The monoisotopic (exact) mass is 1220 g/mol. The minimum Gasteiger partial charge on any atom is -0.480 e. The number of halogens is 4. The number of carbonyl (C=O) groups is 4. The Morgan fingerprint density at radius 2 is 1.17 bits per heavy atom. The third-order valence-corrected chi connectivity index (χ3v) is 15.7. The first-order valence-corrected chi connectivity index (χ1v) is 28.6. The van der Waals surface area contributed by atoms with E-state index in [0.717, 1.165) is 80.3 Å². The second-order valence-electron chi connectivity index (χ2n) is 22.5. The summed E-state index contributed by atoms with van der Waals surface area (Å²) in [6.45, 7) is 17.8. The van der Waals surface area contributed by atoms with Crippen molar-refractivity contribution in [2.45, 2.75) is 129 Å². The molecule has 2 aliphatic carbocycles. The topological polar surface area (TPSA) is 176 Å². The highest BCUT2D eigenvalue weighted by molar-refractivity contribution is 9.10. The van der Waals surface area contributed by atoms with Crippen LogP contribution in [0.4, 0.5) is 9.59 Å². The second-order valence-corrected chi connectivity index (χ2v) is 25.2. The molecule has 2 fully saturated rings. The number of hydrogen-bond donors (Lipinski definition) is 2. The van der Waals surface area contributed by atoms with Crippen molar-refractivity contribution < 1.29 is 33.8 Å². The summed E-state index contributed by atoms with van der Waals surface area (Å²) in [4.78, 5) is 73.5. The fraction of sp³-hybridized carbons (Fsp3) is 0.491. The van der Waals surface area contributed by atoms with Crippen LogP contribution in [0.1, 0.15) is 125 Å². The number of fused-ring (bicyclic) bond motifs is 4. The van der Waals surface area contributed by atoms with E-state index in [-0.39, 0.29) is 37.1 Å². The molecule has 412 valence electrons. The van der Waals surface area contributed by atoms with Crippen LogP contribution in [0.5, 0.6) is 0 Å². The Morgan fingerprint density at radius 1 is 0.701 bits per heavy atom. The molecule has 3 amide bonds. The number of piperazine rings is 2. The van der Waals surface area contributed by atoms with Crippen LogP contribution in [0.25, 0.3) is 0 Å². The number of nitrogens with one attached hydrogen (secondary N) is 1. The van der Waals surface area contributed by atoms with Crippen LogP contribution in [0.3, 0.4) is 0 Å². The Balaban J connectivity index is 0.000000212. The number of hydrogen-bond acceptors (Lipinski definition) is 11. The van der Waals surface area contributed by atoms with E-state index in [1.165, 1.54) is 10.5 Å². The lowest BCUT2D eigenvalue weighted by molar-refractivity contribution is -0.146. The van der Waals surface area contributed by atoms with Crippen molar-refractivity contribution in [2.24, 2.45) is 5.92 Å². The molecule has 20 heteroatoms. The summed E-state index contributed by atoms with van der Waals surface area (Å²) in [7, 11) is 0. The van der Waals surface area contributed by atoms with Crippen molar-refractivity contribution in [3.05, 3.63) is 143 Å². The lowest BCUT2D eigenvalue weighted by Crippen LogP contribution is -2.61. The molecule has 0 spiro atoms. The maximum atomic E-state index is 13.9. The molecule has 9 rings (SSSR count). The highest BCUT2D eigenvalue weighted by Crippen LogP contribution is 2.41. The van der Waals surface area contributed by atoms with Crippen LogP contribution in [0.15, 0.2) is 88.6 Å². The number of pyridine rings is 2. The van der Waals surface area contributed by atoms with Crippen molar-refractivity contribution in [3.63, 3.8) is 0 Å². The molecule has 2 aliphatic heterocycles. The molecule has 4 aliphatic rings. The molecule has 0 bridgehead atoms. The number of nitrogens with zero attached hydrogens (tertiary/aromatic N) is 8. The average Bonchev–Trinajstić information content (AvgIpc) is 3.92. The van der Waals surface area contributed by atoms with Gasteiger partial charge in [0.1, 0.15) is 23.3 Å².